The SMILES string of the molecule is Cc1nnc(-c2[c-]ncc3oc(F)nc23)n1-c1c(C(C)C)cccc1C(C)C.[Ir]. The summed E-state index contributed by atoms with van der Waals surface area (Å²) in [6, 6.07) is 6.32. The Hall–Kier alpha value is -2.44. The molecule has 3 heterocycles. The number of benzene rings is 1. The normalized spacial score (nSPS) is 11.4. The van der Waals surface area contributed by atoms with Crippen molar-refractivity contribution in [2.45, 2.75) is 46.5 Å². The van der Waals surface area contributed by atoms with Crippen molar-refractivity contribution in [2.24, 2.45) is 0 Å². The molecule has 1 radical (unpaired) electrons. The third kappa shape index (κ3) is 3.62. The first-order valence-electron chi connectivity index (χ1n) is 9.26. The van der Waals surface area contributed by atoms with Gasteiger partial charge in [0.25, 0.3) is 0 Å². The van der Waals surface area contributed by atoms with Crippen molar-refractivity contribution in [1.82, 2.24) is 24.7 Å². The third-order valence-corrected chi connectivity index (χ3v) is 4.84. The maximum absolute atomic E-state index is 13.6. The molecule has 153 valence electrons. The van der Waals surface area contributed by atoms with Gasteiger partial charge in [-0.15, -0.1) is 9.49 Å². The van der Waals surface area contributed by atoms with Gasteiger partial charge in [0, 0.05) is 31.3 Å². The maximum atomic E-state index is 13.6. The topological polar surface area (TPSA) is 69.6 Å². The van der Waals surface area contributed by atoms with E-state index in [0.717, 1.165) is 11.5 Å². The van der Waals surface area contributed by atoms with Crippen LogP contribution in [0.25, 0.3) is 28.2 Å². The monoisotopic (exact) mass is 571 g/mol. The molecular formula is C21H21FIrN5O-. The number of hydrogen-bond acceptors (Lipinski definition) is 5. The van der Waals surface area contributed by atoms with Gasteiger partial charge in [0.2, 0.25) is 0 Å². The first-order valence-corrected chi connectivity index (χ1v) is 9.26. The van der Waals surface area contributed by atoms with Gasteiger partial charge in [-0.1, -0.05) is 51.5 Å². The Labute approximate surface area is 181 Å². The van der Waals surface area contributed by atoms with E-state index in [4.69, 9.17) is 4.42 Å². The average Bonchev–Trinajstić information content (AvgIpc) is 3.22. The van der Waals surface area contributed by atoms with E-state index < -0.39 is 6.14 Å². The van der Waals surface area contributed by atoms with Crippen LogP contribution in [0, 0.1) is 19.3 Å². The van der Waals surface area contributed by atoms with Gasteiger partial charge >= 0.3 is 6.14 Å². The minimum absolute atomic E-state index is 0. The van der Waals surface area contributed by atoms with Crippen LogP contribution < -0.4 is 0 Å². The van der Waals surface area contributed by atoms with Gasteiger partial charge in [-0.25, -0.2) is 4.98 Å². The minimum atomic E-state index is -0.911. The number of aryl methyl sites for hydroxylation is 1. The Morgan fingerprint density at radius 3 is 2.34 bits per heavy atom. The molecule has 0 saturated carbocycles. The molecule has 0 fully saturated rings. The van der Waals surface area contributed by atoms with Crippen molar-refractivity contribution in [3.8, 4) is 17.1 Å². The van der Waals surface area contributed by atoms with Crippen molar-refractivity contribution in [1.29, 1.82) is 0 Å². The predicted molar refractivity (Wildman–Crippen MR) is 104 cm³/mol. The maximum Gasteiger partial charge on any atom is 0.371 e. The Bertz CT molecular complexity index is 1140. The Morgan fingerprint density at radius 2 is 1.72 bits per heavy atom. The van der Waals surface area contributed by atoms with Crippen LogP contribution in [-0.2, 0) is 20.1 Å². The fourth-order valence-electron chi connectivity index (χ4n) is 3.50. The number of oxazole rings is 1. The minimum Gasteiger partial charge on any atom is -0.434 e. The number of fused-ring (bicyclic) bond motifs is 1. The molecule has 0 aliphatic rings. The van der Waals surface area contributed by atoms with Crippen LogP contribution in [0.3, 0.4) is 0 Å². The van der Waals surface area contributed by atoms with Gasteiger partial charge in [0.15, 0.2) is 0 Å². The number of aromatic nitrogens is 5. The molecule has 4 rings (SSSR count). The van der Waals surface area contributed by atoms with Gasteiger partial charge in [-0.05, 0) is 42.3 Å². The summed E-state index contributed by atoms with van der Waals surface area (Å²) in [6.45, 7) is 10.5. The number of para-hydroxylation sites is 1. The van der Waals surface area contributed by atoms with E-state index in [1.165, 1.54) is 17.3 Å². The summed E-state index contributed by atoms with van der Waals surface area (Å²) in [7, 11) is 0. The van der Waals surface area contributed by atoms with Crippen molar-refractivity contribution in [3.63, 3.8) is 0 Å². The third-order valence-electron chi connectivity index (χ3n) is 4.84. The quantitative estimate of drug-likeness (QED) is 0.325. The summed E-state index contributed by atoms with van der Waals surface area (Å²) in [4.78, 5) is 7.92. The van der Waals surface area contributed by atoms with Gasteiger partial charge in [0.05, 0.1) is 11.4 Å². The van der Waals surface area contributed by atoms with E-state index in [-0.39, 0.29) is 25.7 Å². The zero-order chi connectivity index (χ0) is 20.0. The summed E-state index contributed by atoms with van der Waals surface area (Å²) in [5.74, 6) is 1.83. The average molecular weight is 571 g/mol. The summed E-state index contributed by atoms with van der Waals surface area (Å²) in [6.07, 6.45) is 3.38. The van der Waals surface area contributed by atoms with Crippen LogP contribution in [0.2, 0.25) is 0 Å². The summed E-state index contributed by atoms with van der Waals surface area (Å²) >= 11 is 0. The number of halogens is 1. The molecule has 0 bridgehead atoms. The van der Waals surface area contributed by atoms with Crippen LogP contribution in [-0.4, -0.2) is 24.7 Å². The summed E-state index contributed by atoms with van der Waals surface area (Å²) in [5.41, 5.74) is 4.44. The first-order chi connectivity index (χ1) is 13.4. The molecule has 4 aromatic rings. The second-order valence-corrected chi connectivity index (χ2v) is 7.43. The zero-order valence-corrected chi connectivity index (χ0v) is 19.2. The second kappa shape index (κ2) is 8.12. The van der Waals surface area contributed by atoms with Crippen LogP contribution in [0.4, 0.5) is 4.39 Å². The molecule has 0 N–H and O–H groups in total. The van der Waals surface area contributed by atoms with E-state index in [2.05, 4.69) is 72.3 Å². The van der Waals surface area contributed by atoms with Crippen molar-refractivity contribution in [2.75, 3.05) is 0 Å². The molecule has 0 atom stereocenters. The largest absolute Gasteiger partial charge is 0.434 e. The van der Waals surface area contributed by atoms with Crippen molar-refractivity contribution >= 4 is 11.1 Å². The molecule has 0 aliphatic carbocycles. The molecule has 0 saturated heterocycles. The Morgan fingerprint density at radius 1 is 1.07 bits per heavy atom. The predicted octanol–water partition coefficient (Wildman–Crippen LogP) is 4.96. The number of rotatable bonds is 4. The van der Waals surface area contributed by atoms with Crippen LogP contribution >= 0.6 is 0 Å². The molecular weight excluding hydrogens is 549 g/mol. The molecule has 3 aromatic heterocycles. The molecule has 1 aromatic carbocycles. The van der Waals surface area contributed by atoms with E-state index in [1.807, 2.05) is 11.5 Å². The summed E-state index contributed by atoms with van der Waals surface area (Å²) in [5, 5.41) is 8.66. The number of pyridine rings is 1. The molecule has 0 spiro atoms. The summed E-state index contributed by atoms with van der Waals surface area (Å²) < 4.78 is 20.6. The van der Waals surface area contributed by atoms with Gasteiger partial charge in [0.1, 0.15) is 5.82 Å². The fraction of sp³-hybridized carbons (Fsp3) is 0.333. The van der Waals surface area contributed by atoms with Gasteiger partial charge in [-0.2, -0.15) is 5.10 Å². The molecule has 0 aliphatic heterocycles. The van der Waals surface area contributed by atoms with Gasteiger partial charge < -0.3 is 14.0 Å². The van der Waals surface area contributed by atoms with Crippen molar-refractivity contribution < 1.29 is 28.9 Å². The van der Waals surface area contributed by atoms with E-state index in [1.54, 1.807) is 0 Å². The fourth-order valence-corrected chi connectivity index (χ4v) is 3.50. The number of hydrogen-bond donors (Lipinski definition) is 0. The molecule has 8 heteroatoms. The van der Waals surface area contributed by atoms with Crippen LogP contribution in [0.1, 0.15) is 56.5 Å². The zero-order valence-electron chi connectivity index (χ0n) is 16.8. The number of nitrogens with zero attached hydrogens (tertiary/aromatic N) is 5. The molecule has 0 unspecified atom stereocenters. The van der Waals surface area contributed by atoms with Crippen LogP contribution in [0.15, 0.2) is 28.8 Å². The standard InChI is InChI=1S/C21H21FN5O.Ir/c1-11(2)14-7-6-8-15(12(3)4)19(14)27-13(5)25-26-20(27)16-9-23-10-17-18(16)24-21(22)28-17;/h6-8,10-12H,1-5H3;/q-1;. The Kier molecular flexibility index (Phi) is 5.96. The van der Waals surface area contributed by atoms with E-state index in [0.29, 0.717) is 28.7 Å². The molecule has 6 nitrogen and oxygen atoms in total. The van der Waals surface area contributed by atoms with Crippen LogP contribution in [0.5, 0.6) is 0 Å². The molecule has 0 amide bonds. The van der Waals surface area contributed by atoms with Gasteiger partial charge in [-0.3, -0.25) is 0 Å². The molecule has 29 heavy (non-hydrogen) atoms. The smallest absolute Gasteiger partial charge is 0.371 e. The first kappa shape index (κ1) is 21.3. The Balaban J connectivity index is 0.00000240. The second-order valence-electron chi connectivity index (χ2n) is 7.43. The van der Waals surface area contributed by atoms with E-state index in [9.17, 15) is 4.39 Å². The van der Waals surface area contributed by atoms with E-state index >= 15 is 0 Å². The van der Waals surface area contributed by atoms with Crippen molar-refractivity contribution in [3.05, 3.63) is 53.7 Å².